The van der Waals surface area contributed by atoms with E-state index in [4.69, 9.17) is 5.11 Å². The fourth-order valence-corrected chi connectivity index (χ4v) is 3.91. The van der Waals surface area contributed by atoms with Crippen LogP contribution >= 0.6 is 11.3 Å². The number of aliphatic carboxylic acids is 1. The van der Waals surface area contributed by atoms with E-state index in [-0.39, 0.29) is 16.5 Å². The number of sulfonamides is 1. The van der Waals surface area contributed by atoms with Crippen LogP contribution in [0.3, 0.4) is 0 Å². The average molecular weight is 291 g/mol. The maximum Gasteiger partial charge on any atom is 0.321 e. The molecule has 0 radical (unpaired) electrons. The van der Waals surface area contributed by atoms with Crippen molar-refractivity contribution in [1.29, 1.82) is 0 Å². The van der Waals surface area contributed by atoms with Crippen LogP contribution in [0.1, 0.15) is 25.8 Å². The van der Waals surface area contributed by atoms with E-state index in [0.717, 1.165) is 16.9 Å². The first-order valence-electron chi connectivity index (χ1n) is 5.52. The van der Waals surface area contributed by atoms with Gasteiger partial charge in [0, 0.05) is 0 Å². The molecule has 0 aromatic carbocycles. The molecule has 1 atom stereocenters. The summed E-state index contributed by atoms with van der Waals surface area (Å²) in [5.74, 6) is -1.06. The highest BCUT2D eigenvalue weighted by atomic mass is 32.2. The van der Waals surface area contributed by atoms with Crippen molar-refractivity contribution in [2.75, 3.05) is 0 Å². The van der Waals surface area contributed by atoms with Gasteiger partial charge in [0.05, 0.1) is 0 Å². The molecule has 0 fully saturated rings. The highest BCUT2D eigenvalue weighted by Gasteiger charge is 2.26. The summed E-state index contributed by atoms with van der Waals surface area (Å²) in [6.45, 7) is 5.48. The van der Waals surface area contributed by atoms with E-state index >= 15 is 0 Å². The van der Waals surface area contributed by atoms with Gasteiger partial charge in [-0.15, -0.1) is 11.3 Å². The fourth-order valence-electron chi connectivity index (χ4n) is 1.46. The molecule has 0 aliphatic rings. The molecule has 0 saturated heterocycles. The minimum absolute atomic E-state index is 0.0962. The molecule has 1 heterocycles. The summed E-state index contributed by atoms with van der Waals surface area (Å²) in [6.07, 6.45) is 0.263. The third kappa shape index (κ3) is 4.08. The van der Waals surface area contributed by atoms with Gasteiger partial charge in [0.15, 0.2) is 0 Å². The lowest BCUT2D eigenvalue weighted by atomic mass is 10.1. The lowest BCUT2D eigenvalue weighted by molar-refractivity contribution is -0.139. The molecule has 18 heavy (non-hydrogen) atoms. The van der Waals surface area contributed by atoms with E-state index in [1.54, 1.807) is 12.3 Å². The van der Waals surface area contributed by atoms with Crippen LogP contribution in [0.15, 0.2) is 15.7 Å². The maximum atomic E-state index is 12.0. The Hall–Kier alpha value is -0.920. The second kappa shape index (κ2) is 5.81. The molecular formula is C11H17NO4S2. The van der Waals surface area contributed by atoms with Crippen molar-refractivity contribution in [1.82, 2.24) is 4.72 Å². The fraction of sp³-hybridized carbons (Fsp3) is 0.545. The number of hydrogen-bond donors (Lipinski definition) is 2. The Balaban J connectivity index is 2.89. The Morgan fingerprint density at radius 1 is 1.50 bits per heavy atom. The number of carboxylic acid groups (broad SMARTS) is 1. The SMILES string of the molecule is Cc1csc(S(=O)(=O)N[C@H](CC(C)C)C(=O)O)c1. The zero-order chi connectivity index (χ0) is 13.9. The van der Waals surface area contributed by atoms with Crippen LogP contribution in [0.25, 0.3) is 0 Å². The maximum absolute atomic E-state index is 12.0. The number of thiophene rings is 1. The minimum Gasteiger partial charge on any atom is -0.480 e. The molecule has 0 amide bonds. The Bertz CT molecular complexity index is 519. The van der Waals surface area contributed by atoms with Crippen molar-refractivity contribution in [3.05, 3.63) is 17.0 Å². The summed E-state index contributed by atoms with van der Waals surface area (Å²) in [5.41, 5.74) is 0.844. The normalized spacial score (nSPS) is 13.8. The topological polar surface area (TPSA) is 83.5 Å². The van der Waals surface area contributed by atoms with E-state index in [1.807, 2.05) is 13.8 Å². The van der Waals surface area contributed by atoms with Gasteiger partial charge < -0.3 is 5.11 Å². The molecule has 2 N–H and O–H groups in total. The van der Waals surface area contributed by atoms with Crippen molar-refractivity contribution in [3.63, 3.8) is 0 Å². The second-order valence-corrected chi connectivity index (χ2v) is 7.44. The van der Waals surface area contributed by atoms with Crippen LogP contribution in [0.5, 0.6) is 0 Å². The summed E-state index contributed by atoms with van der Waals surface area (Å²) in [7, 11) is -3.74. The number of carbonyl (C=O) groups is 1. The third-order valence-corrected chi connectivity index (χ3v) is 5.30. The summed E-state index contributed by atoms with van der Waals surface area (Å²) >= 11 is 1.09. The summed E-state index contributed by atoms with van der Waals surface area (Å²) in [4.78, 5) is 11.0. The van der Waals surface area contributed by atoms with Gasteiger partial charge >= 0.3 is 5.97 Å². The van der Waals surface area contributed by atoms with E-state index in [0.29, 0.717) is 0 Å². The van der Waals surface area contributed by atoms with Crippen LogP contribution < -0.4 is 4.72 Å². The van der Waals surface area contributed by atoms with Crippen LogP contribution in [-0.2, 0) is 14.8 Å². The van der Waals surface area contributed by atoms with Crippen molar-refractivity contribution in [2.45, 2.75) is 37.4 Å². The van der Waals surface area contributed by atoms with Crippen molar-refractivity contribution < 1.29 is 18.3 Å². The number of aryl methyl sites for hydroxylation is 1. The molecule has 0 spiro atoms. The predicted octanol–water partition coefficient (Wildman–Crippen LogP) is 1.83. The van der Waals surface area contributed by atoms with Crippen LogP contribution in [0.4, 0.5) is 0 Å². The van der Waals surface area contributed by atoms with Gasteiger partial charge in [0.1, 0.15) is 10.3 Å². The molecule has 0 bridgehead atoms. The Kier molecular flexibility index (Phi) is 4.89. The molecule has 102 valence electrons. The van der Waals surface area contributed by atoms with Gasteiger partial charge in [0.2, 0.25) is 0 Å². The van der Waals surface area contributed by atoms with E-state index < -0.39 is 22.0 Å². The van der Waals surface area contributed by atoms with Gasteiger partial charge in [-0.25, -0.2) is 8.42 Å². The first-order valence-corrected chi connectivity index (χ1v) is 7.89. The molecule has 0 saturated carbocycles. The van der Waals surface area contributed by atoms with Gasteiger partial charge in [0.25, 0.3) is 10.0 Å². The number of nitrogens with one attached hydrogen (secondary N) is 1. The molecule has 0 aliphatic carbocycles. The zero-order valence-electron chi connectivity index (χ0n) is 10.5. The van der Waals surface area contributed by atoms with Crippen LogP contribution in [0.2, 0.25) is 0 Å². The first kappa shape index (κ1) is 15.1. The van der Waals surface area contributed by atoms with Crippen molar-refractivity contribution in [3.8, 4) is 0 Å². The van der Waals surface area contributed by atoms with E-state index in [9.17, 15) is 13.2 Å². The Morgan fingerprint density at radius 3 is 2.50 bits per heavy atom. The second-order valence-electron chi connectivity index (χ2n) is 4.58. The Labute approximate surface area is 111 Å². The van der Waals surface area contributed by atoms with Gasteiger partial charge in [-0.3, -0.25) is 4.79 Å². The Morgan fingerprint density at radius 2 is 2.11 bits per heavy atom. The zero-order valence-corrected chi connectivity index (χ0v) is 12.1. The average Bonchev–Trinajstić information content (AvgIpc) is 2.63. The molecule has 5 nitrogen and oxygen atoms in total. The summed E-state index contributed by atoms with van der Waals surface area (Å²) in [5, 5.41) is 10.7. The van der Waals surface area contributed by atoms with Gasteiger partial charge in [-0.2, -0.15) is 4.72 Å². The molecular weight excluding hydrogens is 274 g/mol. The van der Waals surface area contributed by atoms with Crippen molar-refractivity contribution in [2.24, 2.45) is 5.92 Å². The summed E-state index contributed by atoms with van der Waals surface area (Å²) < 4.78 is 26.3. The molecule has 7 heteroatoms. The summed E-state index contributed by atoms with van der Waals surface area (Å²) in [6, 6.07) is 0.443. The first-order chi connectivity index (χ1) is 8.22. The number of hydrogen-bond acceptors (Lipinski definition) is 4. The molecule has 1 aromatic rings. The highest BCUT2D eigenvalue weighted by molar-refractivity contribution is 7.91. The van der Waals surface area contributed by atoms with E-state index in [2.05, 4.69) is 4.72 Å². The standard InChI is InChI=1S/C11H17NO4S2/c1-7(2)4-9(11(13)14)12-18(15,16)10-5-8(3)6-17-10/h5-7,9,12H,4H2,1-3H3,(H,13,14)/t9-/m1/s1. The third-order valence-electron chi connectivity index (χ3n) is 2.27. The van der Waals surface area contributed by atoms with Crippen molar-refractivity contribution >= 4 is 27.3 Å². The molecule has 0 unspecified atom stereocenters. The lowest BCUT2D eigenvalue weighted by Crippen LogP contribution is -2.41. The minimum atomic E-state index is -3.74. The molecule has 1 aromatic heterocycles. The monoisotopic (exact) mass is 291 g/mol. The van der Waals surface area contributed by atoms with Crippen LogP contribution in [0, 0.1) is 12.8 Å². The largest absolute Gasteiger partial charge is 0.480 e. The molecule has 1 rings (SSSR count). The molecule has 0 aliphatic heterocycles. The lowest BCUT2D eigenvalue weighted by Gasteiger charge is -2.15. The van der Waals surface area contributed by atoms with Gasteiger partial charge in [-0.1, -0.05) is 13.8 Å². The number of carboxylic acids is 1. The van der Waals surface area contributed by atoms with Gasteiger partial charge in [-0.05, 0) is 36.3 Å². The smallest absolute Gasteiger partial charge is 0.321 e. The number of rotatable bonds is 6. The van der Waals surface area contributed by atoms with Crippen LogP contribution in [-0.4, -0.2) is 25.5 Å². The highest BCUT2D eigenvalue weighted by Crippen LogP contribution is 2.20. The quantitative estimate of drug-likeness (QED) is 0.837. The predicted molar refractivity (Wildman–Crippen MR) is 70.3 cm³/mol. The van der Waals surface area contributed by atoms with E-state index in [1.165, 1.54) is 6.07 Å².